The van der Waals surface area contributed by atoms with E-state index in [4.69, 9.17) is 11.1 Å². The lowest BCUT2D eigenvalue weighted by Crippen LogP contribution is -2.65. The first-order valence-electron chi connectivity index (χ1n) is 15.1. The fraction of sp³-hybridized carbons (Fsp3) is 0.758. The fourth-order valence-electron chi connectivity index (χ4n) is 10.8. The number of fused-ring (bicyclic) bond motifs is 7. The molecule has 1 heterocycles. The summed E-state index contributed by atoms with van der Waals surface area (Å²) in [5, 5.41) is 15.4. The highest BCUT2D eigenvalue weighted by Gasteiger charge is 2.70. The van der Waals surface area contributed by atoms with Crippen molar-refractivity contribution in [3.05, 3.63) is 46.2 Å². The Labute approximate surface area is 237 Å². The Bertz CT molecular complexity index is 1380. The molecule has 0 aliphatic heterocycles. The third-order valence-corrected chi connectivity index (χ3v) is 13.1. The van der Waals surface area contributed by atoms with Crippen LogP contribution in [0.15, 0.2) is 27.6 Å². The van der Waals surface area contributed by atoms with Gasteiger partial charge in [-0.15, -0.1) is 0 Å². The molecule has 5 aliphatic rings. The van der Waals surface area contributed by atoms with Gasteiger partial charge in [-0.2, -0.15) is 4.98 Å². The Hall–Kier alpha value is -2.49. The van der Waals surface area contributed by atoms with Crippen molar-refractivity contribution in [2.24, 2.45) is 44.8 Å². The maximum absolute atomic E-state index is 14.6. The molecule has 3 saturated carbocycles. The Morgan fingerprint density at radius 1 is 1.10 bits per heavy atom. The van der Waals surface area contributed by atoms with E-state index in [-0.39, 0.29) is 56.8 Å². The van der Waals surface area contributed by atoms with Gasteiger partial charge in [0.15, 0.2) is 18.3 Å². The van der Waals surface area contributed by atoms with E-state index >= 15 is 0 Å². The van der Waals surface area contributed by atoms with Crippen molar-refractivity contribution in [2.75, 3.05) is 0 Å². The smallest absolute Gasteiger partial charge is 0.258 e. The number of rotatable bonds is 2. The first-order valence-corrected chi connectivity index (χ1v) is 15.1. The molecule has 1 aromatic heterocycles. The predicted octanol–water partition coefficient (Wildman–Crippen LogP) is 8.07. The van der Waals surface area contributed by atoms with Gasteiger partial charge in [-0.1, -0.05) is 59.2 Å². The number of carbonyl (C=O) groups is 1. The lowest BCUT2D eigenvalue weighted by Gasteiger charge is -2.69. The highest BCUT2D eigenvalue weighted by molar-refractivity contribution is 5.95. The summed E-state index contributed by atoms with van der Waals surface area (Å²) in [7, 11) is 0. The third-order valence-electron chi connectivity index (χ3n) is 13.1. The van der Waals surface area contributed by atoms with Crippen molar-refractivity contribution in [3.63, 3.8) is 0 Å². The molecule has 7 atom stereocenters. The van der Waals surface area contributed by atoms with Crippen molar-refractivity contribution in [3.8, 4) is 0 Å². The van der Waals surface area contributed by atoms with Gasteiger partial charge in [0.1, 0.15) is 5.76 Å². The standard InChI is InChI=1S/C33H44FN3O3/c1-28(2)11-13-33(27-36-24(18-34)40-37-27)14-12-32(7)25(19(33)16-28)21(38)15-23-30(5)17-20(35-8)26(39)29(3,4)22(30)9-10-31(23,32)6/h15,19,22,25,39H,9-14,16-18H2,1-7H3/t19-,22-,25-,30-,31+,32+,33-/m0/s1. The van der Waals surface area contributed by atoms with Crippen LogP contribution in [0.1, 0.15) is 112 Å². The van der Waals surface area contributed by atoms with Crippen molar-refractivity contribution < 1.29 is 18.8 Å². The molecule has 3 fully saturated rings. The average molecular weight is 550 g/mol. The second-order valence-corrected chi connectivity index (χ2v) is 15.8. The number of carbonyl (C=O) groups excluding carboxylic acids is 1. The first kappa shape index (κ1) is 27.7. The van der Waals surface area contributed by atoms with Crippen LogP contribution >= 0.6 is 0 Å². The SMILES string of the molecule is [C-]#[N+]C1=C(O)C(C)(C)[C@@H]2CC[C@]3(C)C(=CC(=O)[C@@H]4[C@@H]5CC(C)(C)CC[C@]5(c5noc(CF)n5)CC[C@]43C)[C@@]2(C)C1. The number of hydrogen-bond donors (Lipinski definition) is 1. The summed E-state index contributed by atoms with van der Waals surface area (Å²) in [6.07, 6.45) is 8.80. The summed E-state index contributed by atoms with van der Waals surface area (Å²) in [6.45, 7) is 22.7. The van der Waals surface area contributed by atoms with Crippen LogP contribution < -0.4 is 0 Å². The van der Waals surface area contributed by atoms with Crippen LogP contribution in [-0.4, -0.2) is 21.0 Å². The van der Waals surface area contributed by atoms with Gasteiger partial charge in [0.2, 0.25) is 5.70 Å². The highest BCUT2D eigenvalue weighted by Crippen LogP contribution is 2.75. The molecule has 0 bridgehead atoms. The normalized spacial score (nSPS) is 43.5. The molecule has 5 aliphatic carbocycles. The molecule has 0 radical (unpaired) electrons. The van der Waals surface area contributed by atoms with Gasteiger partial charge in [0, 0.05) is 16.7 Å². The van der Waals surface area contributed by atoms with Crippen LogP contribution in [0.3, 0.4) is 0 Å². The van der Waals surface area contributed by atoms with E-state index in [1.165, 1.54) is 5.57 Å². The molecule has 40 heavy (non-hydrogen) atoms. The second kappa shape index (κ2) is 8.29. The number of halogens is 1. The van der Waals surface area contributed by atoms with Crippen LogP contribution in [0.2, 0.25) is 0 Å². The van der Waals surface area contributed by atoms with Gasteiger partial charge in [0.25, 0.3) is 5.89 Å². The van der Waals surface area contributed by atoms with Crippen molar-refractivity contribution in [1.29, 1.82) is 0 Å². The summed E-state index contributed by atoms with van der Waals surface area (Å²) >= 11 is 0. The van der Waals surface area contributed by atoms with Crippen LogP contribution in [-0.2, 0) is 16.9 Å². The second-order valence-electron chi connectivity index (χ2n) is 15.8. The Balaban J connectivity index is 1.51. The maximum Gasteiger partial charge on any atom is 0.258 e. The summed E-state index contributed by atoms with van der Waals surface area (Å²) in [4.78, 5) is 22.9. The van der Waals surface area contributed by atoms with E-state index in [9.17, 15) is 14.3 Å². The molecule has 0 aromatic carbocycles. The van der Waals surface area contributed by atoms with Gasteiger partial charge >= 0.3 is 0 Å². The highest BCUT2D eigenvalue weighted by atomic mass is 19.1. The first-order chi connectivity index (χ1) is 18.6. The summed E-state index contributed by atoms with van der Waals surface area (Å²) in [5.41, 5.74) is -0.102. The number of ketones is 1. The third kappa shape index (κ3) is 3.28. The summed E-state index contributed by atoms with van der Waals surface area (Å²) < 4.78 is 18.8. The molecule has 1 aromatic rings. The van der Waals surface area contributed by atoms with Crippen LogP contribution in [0, 0.1) is 51.4 Å². The summed E-state index contributed by atoms with van der Waals surface area (Å²) in [6, 6.07) is 0. The van der Waals surface area contributed by atoms with Gasteiger partial charge in [-0.25, -0.2) is 9.24 Å². The summed E-state index contributed by atoms with van der Waals surface area (Å²) in [5.74, 6) is 0.999. The number of nitrogens with zero attached hydrogens (tertiary/aromatic N) is 3. The minimum atomic E-state index is -0.782. The molecule has 0 spiro atoms. The molecule has 1 N–H and O–H groups in total. The molecule has 0 saturated heterocycles. The number of alkyl halides is 1. The van der Waals surface area contributed by atoms with Gasteiger partial charge < -0.3 is 9.63 Å². The monoisotopic (exact) mass is 549 g/mol. The number of allylic oxidation sites excluding steroid dienone is 4. The van der Waals surface area contributed by atoms with Crippen LogP contribution in [0.5, 0.6) is 0 Å². The zero-order valence-electron chi connectivity index (χ0n) is 25.2. The van der Waals surface area contributed by atoms with E-state index in [2.05, 4.69) is 63.5 Å². The van der Waals surface area contributed by atoms with E-state index < -0.39 is 17.5 Å². The number of aliphatic hydroxyl groups is 1. The average Bonchev–Trinajstić information content (AvgIpc) is 3.37. The largest absolute Gasteiger partial charge is 0.523 e. The van der Waals surface area contributed by atoms with Crippen LogP contribution in [0.4, 0.5) is 4.39 Å². The quantitative estimate of drug-likeness (QED) is 0.377. The zero-order valence-corrected chi connectivity index (χ0v) is 25.2. The molecule has 0 unspecified atom stereocenters. The lowest BCUT2D eigenvalue weighted by atomic mass is 9.34. The topological polar surface area (TPSA) is 80.6 Å². The van der Waals surface area contributed by atoms with Crippen molar-refractivity contribution >= 4 is 5.78 Å². The Kier molecular flexibility index (Phi) is 5.74. The molecular formula is C33H44FN3O3. The molecule has 6 rings (SSSR count). The molecule has 7 heteroatoms. The number of aliphatic hydroxyl groups excluding tert-OH is 1. The fourth-order valence-corrected chi connectivity index (χ4v) is 10.8. The molecule has 6 nitrogen and oxygen atoms in total. The Morgan fingerprint density at radius 3 is 2.45 bits per heavy atom. The maximum atomic E-state index is 14.6. The molecular weight excluding hydrogens is 505 g/mol. The zero-order chi connectivity index (χ0) is 29.1. The van der Waals surface area contributed by atoms with E-state index in [1.807, 2.05) is 6.08 Å². The number of aromatic nitrogens is 2. The van der Waals surface area contributed by atoms with E-state index in [1.54, 1.807) is 0 Å². The van der Waals surface area contributed by atoms with E-state index in [0.717, 1.165) is 44.9 Å². The van der Waals surface area contributed by atoms with E-state index in [0.29, 0.717) is 17.9 Å². The Morgan fingerprint density at radius 2 is 1.80 bits per heavy atom. The predicted molar refractivity (Wildman–Crippen MR) is 149 cm³/mol. The lowest BCUT2D eigenvalue weighted by molar-refractivity contribution is -0.161. The number of hydrogen-bond acceptors (Lipinski definition) is 5. The molecule has 216 valence electrons. The molecule has 0 amide bonds. The minimum absolute atomic E-state index is 0.0171. The minimum Gasteiger partial charge on any atom is -0.523 e. The van der Waals surface area contributed by atoms with Gasteiger partial charge in [0.05, 0.1) is 6.57 Å². The van der Waals surface area contributed by atoms with Crippen molar-refractivity contribution in [1.82, 2.24) is 10.1 Å². The van der Waals surface area contributed by atoms with Crippen LogP contribution in [0.25, 0.3) is 4.85 Å². The van der Waals surface area contributed by atoms with Gasteiger partial charge in [-0.3, -0.25) is 4.79 Å². The van der Waals surface area contributed by atoms with Gasteiger partial charge in [-0.05, 0) is 90.9 Å². The van der Waals surface area contributed by atoms with Crippen molar-refractivity contribution in [2.45, 2.75) is 112 Å².